The van der Waals surface area contributed by atoms with E-state index in [2.05, 4.69) is 20.7 Å². The number of hydrogen-bond acceptors (Lipinski definition) is 4. The van der Waals surface area contributed by atoms with Crippen LogP contribution >= 0.6 is 11.6 Å². The molecule has 7 nitrogen and oxygen atoms in total. The molecule has 1 aliphatic heterocycles. The number of rotatable bonds is 2. The van der Waals surface area contributed by atoms with Crippen molar-refractivity contribution >= 4 is 35.1 Å². The average Bonchev–Trinajstić information content (AvgIpc) is 2.88. The number of nitrogens with zero attached hydrogens (tertiary/aromatic N) is 3. The highest BCUT2D eigenvalue weighted by atomic mass is 35.5. The molecule has 3 rings (SSSR count). The predicted octanol–water partition coefficient (Wildman–Crippen LogP) is 1.45. The molecule has 2 amide bonds. The van der Waals surface area contributed by atoms with Crippen LogP contribution in [0.3, 0.4) is 0 Å². The van der Waals surface area contributed by atoms with Gasteiger partial charge in [0.2, 0.25) is 17.8 Å². The van der Waals surface area contributed by atoms with Crippen LogP contribution in [0.5, 0.6) is 0 Å². The normalized spacial score (nSPS) is 17.2. The van der Waals surface area contributed by atoms with E-state index < -0.39 is 6.04 Å². The zero-order chi connectivity index (χ0) is 14.1. The number of fused-ring (bicyclic) bond motifs is 1. The molecular weight excluding hydrogens is 282 g/mol. The van der Waals surface area contributed by atoms with Gasteiger partial charge >= 0.3 is 0 Å². The number of carbonyl (C=O) groups is 2. The highest BCUT2D eigenvalue weighted by Gasteiger charge is 2.31. The van der Waals surface area contributed by atoms with E-state index in [4.69, 9.17) is 11.6 Å². The maximum absolute atomic E-state index is 12.2. The minimum absolute atomic E-state index is 0.0236. The standard InChI is InChI=1S/C12H10ClN5O2/c13-7-1-3-8(4-2-7)16-11(20)9-5-10(19)17-12-14-6-15-18(9)12/h1-4,6,9H,5H2,(H,16,20)(H,14,15,17,19). The van der Waals surface area contributed by atoms with E-state index in [0.717, 1.165) is 0 Å². The molecule has 0 radical (unpaired) electrons. The van der Waals surface area contributed by atoms with Crippen LogP contribution in [0.1, 0.15) is 12.5 Å². The van der Waals surface area contributed by atoms with Crippen molar-refractivity contribution in [3.63, 3.8) is 0 Å². The lowest BCUT2D eigenvalue weighted by Crippen LogP contribution is -2.35. The Balaban J connectivity index is 1.81. The molecule has 2 heterocycles. The van der Waals surface area contributed by atoms with Gasteiger partial charge in [0.1, 0.15) is 12.4 Å². The maximum atomic E-state index is 12.2. The van der Waals surface area contributed by atoms with Gasteiger partial charge < -0.3 is 5.32 Å². The fourth-order valence-corrected chi connectivity index (χ4v) is 2.09. The fourth-order valence-electron chi connectivity index (χ4n) is 1.97. The first-order chi connectivity index (χ1) is 9.63. The summed E-state index contributed by atoms with van der Waals surface area (Å²) in [7, 11) is 0. The van der Waals surface area contributed by atoms with E-state index >= 15 is 0 Å². The number of nitrogens with one attached hydrogen (secondary N) is 2. The first kappa shape index (κ1) is 12.6. The third kappa shape index (κ3) is 2.35. The molecule has 1 atom stereocenters. The molecule has 20 heavy (non-hydrogen) atoms. The molecule has 2 aromatic rings. The Hall–Kier alpha value is -2.41. The first-order valence-electron chi connectivity index (χ1n) is 5.89. The van der Waals surface area contributed by atoms with Gasteiger partial charge in [-0.25, -0.2) is 4.68 Å². The summed E-state index contributed by atoms with van der Waals surface area (Å²) in [5.74, 6) is -0.312. The fraction of sp³-hybridized carbons (Fsp3) is 0.167. The van der Waals surface area contributed by atoms with Crippen LogP contribution in [0.25, 0.3) is 0 Å². The molecule has 0 bridgehead atoms. The van der Waals surface area contributed by atoms with Gasteiger partial charge in [-0.3, -0.25) is 14.9 Å². The van der Waals surface area contributed by atoms with Gasteiger partial charge in [0.15, 0.2) is 0 Å². The second kappa shape index (κ2) is 4.93. The number of benzene rings is 1. The van der Waals surface area contributed by atoms with Crippen LogP contribution < -0.4 is 10.6 Å². The van der Waals surface area contributed by atoms with Crippen LogP contribution in [0.4, 0.5) is 11.6 Å². The summed E-state index contributed by atoms with van der Waals surface area (Å²) in [6.07, 6.45) is 1.32. The largest absolute Gasteiger partial charge is 0.324 e. The first-order valence-corrected chi connectivity index (χ1v) is 6.27. The summed E-state index contributed by atoms with van der Waals surface area (Å²) in [6, 6.07) is 6.01. The van der Waals surface area contributed by atoms with Crippen molar-refractivity contribution in [1.82, 2.24) is 14.8 Å². The van der Waals surface area contributed by atoms with Crippen molar-refractivity contribution in [1.29, 1.82) is 0 Å². The van der Waals surface area contributed by atoms with Gasteiger partial charge in [-0.15, -0.1) is 0 Å². The average molecular weight is 292 g/mol. The number of amides is 2. The predicted molar refractivity (Wildman–Crippen MR) is 72.4 cm³/mol. The SMILES string of the molecule is O=C1CC(C(=O)Nc2ccc(Cl)cc2)n2ncnc2N1. The molecule has 1 aliphatic rings. The van der Waals surface area contributed by atoms with E-state index in [1.54, 1.807) is 24.3 Å². The van der Waals surface area contributed by atoms with Crippen molar-refractivity contribution in [3.05, 3.63) is 35.6 Å². The Morgan fingerprint density at radius 2 is 2.15 bits per heavy atom. The molecule has 2 N–H and O–H groups in total. The molecule has 1 aromatic carbocycles. The lowest BCUT2D eigenvalue weighted by molar-refractivity contribution is -0.125. The molecule has 0 saturated heterocycles. The molecule has 0 spiro atoms. The lowest BCUT2D eigenvalue weighted by atomic mass is 10.1. The van der Waals surface area contributed by atoms with Crippen molar-refractivity contribution < 1.29 is 9.59 Å². The van der Waals surface area contributed by atoms with Gasteiger partial charge in [-0.2, -0.15) is 10.1 Å². The van der Waals surface area contributed by atoms with Gasteiger partial charge in [0, 0.05) is 10.7 Å². The van der Waals surface area contributed by atoms with Crippen LogP contribution in [-0.2, 0) is 9.59 Å². The number of hydrogen-bond donors (Lipinski definition) is 2. The van der Waals surface area contributed by atoms with Crippen LogP contribution in [-0.4, -0.2) is 26.6 Å². The minimum Gasteiger partial charge on any atom is -0.324 e. The van der Waals surface area contributed by atoms with E-state index in [9.17, 15) is 9.59 Å². The second-order valence-corrected chi connectivity index (χ2v) is 4.73. The Morgan fingerprint density at radius 1 is 1.40 bits per heavy atom. The number of aromatic nitrogens is 3. The highest BCUT2D eigenvalue weighted by Crippen LogP contribution is 2.23. The summed E-state index contributed by atoms with van der Waals surface area (Å²) in [5, 5.41) is 9.81. The van der Waals surface area contributed by atoms with Crippen molar-refractivity contribution in [3.8, 4) is 0 Å². The van der Waals surface area contributed by atoms with Gasteiger partial charge in [-0.05, 0) is 24.3 Å². The van der Waals surface area contributed by atoms with Gasteiger partial charge in [0.05, 0.1) is 6.42 Å². The Labute approximate surface area is 118 Å². The maximum Gasteiger partial charge on any atom is 0.249 e. The van der Waals surface area contributed by atoms with Crippen LogP contribution in [0.15, 0.2) is 30.6 Å². The molecule has 1 aromatic heterocycles. The highest BCUT2D eigenvalue weighted by molar-refractivity contribution is 6.30. The number of halogens is 1. The van der Waals surface area contributed by atoms with Crippen LogP contribution in [0.2, 0.25) is 5.02 Å². The summed E-state index contributed by atoms with van der Waals surface area (Å²) >= 11 is 5.78. The van der Waals surface area contributed by atoms with Gasteiger partial charge in [0.25, 0.3) is 0 Å². The van der Waals surface area contributed by atoms with E-state index in [0.29, 0.717) is 10.7 Å². The topological polar surface area (TPSA) is 88.9 Å². The molecule has 0 saturated carbocycles. The smallest absolute Gasteiger partial charge is 0.249 e. The Bertz CT molecular complexity index is 667. The number of carbonyl (C=O) groups excluding carboxylic acids is 2. The third-order valence-corrected chi connectivity index (χ3v) is 3.16. The molecule has 1 unspecified atom stereocenters. The van der Waals surface area contributed by atoms with E-state index in [-0.39, 0.29) is 24.2 Å². The van der Waals surface area contributed by atoms with Crippen LogP contribution in [0, 0.1) is 0 Å². The summed E-state index contributed by atoms with van der Waals surface area (Å²) < 4.78 is 1.40. The molecule has 0 aliphatic carbocycles. The third-order valence-electron chi connectivity index (χ3n) is 2.91. The number of anilines is 2. The Kier molecular flexibility index (Phi) is 3.11. The minimum atomic E-state index is -0.711. The van der Waals surface area contributed by atoms with Crippen molar-refractivity contribution in [2.45, 2.75) is 12.5 Å². The summed E-state index contributed by atoms with van der Waals surface area (Å²) in [5.41, 5.74) is 0.604. The van der Waals surface area contributed by atoms with E-state index in [1.165, 1.54) is 11.0 Å². The quantitative estimate of drug-likeness (QED) is 0.876. The van der Waals surface area contributed by atoms with Crippen molar-refractivity contribution in [2.75, 3.05) is 10.6 Å². The molecule has 102 valence electrons. The molecule has 0 fully saturated rings. The monoisotopic (exact) mass is 291 g/mol. The Morgan fingerprint density at radius 3 is 2.90 bits per heavy atom. The zero-order valence-electron chi connectivity index (χ0n) is 10.2. The molecular formula is C12H10ClN5O2. The second-order valence-electron chi connectivity index (χ2n) is 4.29. The molecule has 8 heteroatoms. The lowest BCUT2D eigenvalue weighted by Gasteiger charge is -2.22. The van der Waals surface area contributed by atoms with E-state index in [1.807, 2.05) is 0 Å². The van der Waals surface area contributed by atoms with Crippen molar-refractivity contribution in [2.24, 2.45) is 0 Å². The summed E-state index contributed by atoms with van der Waals surface area (Å²) in [6.45, 7) is 0. The summed E-state index contributed by atoms with van der Waals surface area (Å²) in [4.78, 5) is 27.7. The zero-order valence-corrected chi connectivity index (χ0v) is 11.0. The van der Waals surface area contributed by atoms with Gasteiger partial charge in [-0.1, -0.05) is 11.6 Å².